The van der Waals surface area contributed by atoms with Crippen LogP contribution in [-0.4, -0.2) is 21.9 Å². The summed E-state index contributed by atoms with van der Waals surface area (Å²) in [7, 11) is 0. The van der Waals surface area contributed by atoms with Crippen LogP contribution in [0.15, 0.2) is 103 Å². The number of carbonyl (C=O) groups excluding carboxylic acids is 2. The Morgan fingerprint density at radius 2 is 1.41 bits per heavy atom. The largest absolute Gasteiger partial charge is 0.507 e. The first kappa shape index (κ1) is 19.6. The second-order valence-corrected chi connectivity index (χ2v) is 7.60. The van der Waals surface area contributed by atoms with E-state index in [1.54, 1.807) is 54.6 Å². The molecule has 4 aromatic rings. The van der Waals surface area contributed by atoms with Gasteiger partial charge in [-0.05, 0) is 28.5 Å². The van der Waals surface area contributed by atoms with E-state index in [9.17, 15) is 19.8 Å². The Morgan fingerprint density at radius 1 is 0.750 bits per heavy atom. The molecule has 0 saturated carbocycles. The Morgan fingerprint density at radius 3 is 2.19 bits per heavy atom. The molecule has 1 heterocycles. The normalized spacial score (nSPS) is 17.8. The second kappa shape index (κ2) is 7.71. The Balaban J connectivity index is 1.79. The lowest BCUT2D eigenvalue weighted by atomic mass is 9.93. The van der Waals surface area contributed by atoms with E-state index < -0.39 is 17.7 Å². The third-order valence-electron chi connectivity index (χ3n) is 5.75. The zero-order chi connectivity index (χ0) is 22.2. The number of ketones is 1. The molecule has 1 unspecified atom stereocenters. The predicted octanol–water partition coefficient (Wildman–Crippen LogP) is 5.17. The van der Waals surface area contributed by atoms with E-state index in [2.05, 4.69) is 0 Å². The van der Waals surface area contributed by atoms with E-state index in [0.29, 0.717) is 11.1 Å². The van der Waals surface area contributed by atoms with Gasteiger partial charge >= 0.3 is 0 Å². The zero-order valence-electron chi connectivity index (χ0n) is 17.0. The van der Waals surface area contributed by atoms with Crippen molar-refractivity contribution in [3.63, 3.8) is 0 Å². The van der Waals surface area contributed by atoms with Crippen LogP contribution in [0.25, 0.3) is 16.5 Å². The maximum Gasteiger partial charge on any atom is 0.300 e. The minimum absolute atomic E-state index is 0.0131. The summed E-state index contributed by atoms with van der Waals surface area (Å²) in [5.41, 5.74) is 1.32. The van der Waals surface area contributed by atoms with Crippen LogP contribution in [0.2, 0.25) is 0 Å². The number of Topliss-reactive ketones (excluding diaryl/α,β-unsaturated/α-hetero) is 1. The lowest BCUT2D eigenvalue weighted by Crippen LogP contribution is -2.29. The van der Waals surface area contributed by atoms with Gasteiger partial charge in [0.15, 0.2) is 0 Å². The van der Waals surface area contributed by atoms with Crippen molar-refractivity contribution in [2.24, 2.45) is 0 Å². The van der Waals surface area contributed by atoms with Gasteiger partial charge in [0.25, 0.3) is 11.7 Å². The number of hydrogen-bond donors (Lipinski definition) is 2. The SMILES string of the molecule is O=C1C(=O)N(c2ccccc2O)C(c2ccccc2)/C1=C(/O)c1cccc2ccccc12. The first-order valence-electron chi connectivity index (χ1n) is 10.2. The van der Waals surface area contributed by atoms with Gasteiger partial charge in [0, 0.05) is 5.56 Å². The van der Waals surface area contributed by atoms with Crippen molar-refractivity contribution in [3.8, 4) is 5.75 Å². The van der Waals surface area contributed by atoms with Crippen molar-refractivity contribution in [3.05, 3.63) is 114 Å². The molecule has 1 aliphatic heterocycles. The van der Waals surface area contributed by atoms with E-state index in [-0.39, 0.29) is 22.8 Å². The quantitative estimate of drug-likeness (QED) is 0.272. The number of nitrogens with zero attached hydrogens (tertiary/aromatic N) is 1. The van der Waals surface area contributed by atoms with Gasteiger partial charge < -0.3 is 10.2 Å². The van der Waals surface area contributed by atoms with Crippen molar-refractivity contribution in [1.29, 1.82) is 0 Å². The molecule has 1 saturated heterocycles. The molecular weight excluding hydrogens is 402 g/mol. The average Bonchev–Trinajstić information content (AvgIpc) is 3.09. The van der Waals surface area contributed by atoms with Crippen LogP contribution in [0, 0.1) is 0 Å². The molecule has 0 bridgehead atoms. The third-order valence-corrected chi connectivity index (χ3v) is 5.75. The summed E-state index contributed by atoms with van der Waals surface area (Å²) in [6.45, 7) is 0. The standard InChI is InChI=1S/C27H19NO4/c29-22-16-7-6-15-21(22)28-24(18-10-2-1-3-11-18)23(26(31)27(28)32)25(30)20-14-8-12-17-9-4-5-13-19(17)20/h1-16,24,29-30H/b25-23-. The molecule has 5 rings (SSSR count). The number of rotatable bonds is 3. The molecule has 5 nitrogen and oxygen atoms in total. The van der Waals surface area contributed by atoms with E-state index in [0.717, 1.165) is 10.8 Å². The van der Waals surface area contributed by atoms with Crippen LogP contribution in [0.4, 0.5) is 5.69 Å². The minimum Gasteiger partial charge on any atom is -0.507 e. The molecule has 156 valence electrons. The summed E-state index contributed by atoms with van der Waals surface area (Å²) in [5.74, 6) is -1.97. The Bertz CT molecular complexity index is 1390. The fraction of sp³-hybridized carbons (Fsp3) is 0.0370. The maximum atomic E-state index is 13.2. The molecule has 1 fully saturated rings. The summed E-state index contributed by atoms with van der Waals surface area (Å²) in [5, 5.41) is 23.5. The van der Waals surface area contributed by atoms with E-state index in [1.165, 1.54) is 11.0 Å². The van der Waals surface area contributed by atoms with Gasteiger partial charge in [-0.15, -0.1) is 0 Å². The van der Waals surface area contributed by atoms with Crippen LogP contribution in [0.1, 0.15) is 17.2 Å². The van der Waals surface area contributed by atoms with Crippen molar-refractivity contribution < 1.29 is 19.8 Å². The fourth-order valence-corrected chi connectivity index (χ4v) is 4.28. The lowest BCUT2D eigenvalue weighted by Gasteiger charge is -2.26. The zero-order valence-corrected chi connectivity index (χ0v) is 17.0. The Kier molecular flexibility index (Phi) is 4.71. The number of anilines is 1. The van der Waals surface area contributed by atoms with Gasteiger partial charge in [0.05, 0.1) is 17.3 Å². The van der Waals surface area contributed by atoms with E-state index in [1.807, 2.05) is 36.4 Å². The Hall–Kier alpha value is -4.38. The van der Waals surface area contributed by atoms with Crippen LogP contribution in [0.3, 0.4) is 0 Å². The molecule has 1 amide bonds. The molecular formula is C27H19NO4. The van der Waals surface area contributed by atoms with Crippen LogP contribution >= 0.6 is 0 Å². The number of amides is 1. The van der Waals surface area contributed by atoms with Crippen LogP contribution < -0.4 is 4.90 Å². The predicted molar refractivity (Wildman–Crippen MR) is 123 cm³/mol. The van der Waals surface area contributed by atoms with Gasteiger partial charge in [-0.1, -0.05) is 84.9 Å². The van der Waals surface area contributed by atoms with Crippen molar-refractivity contribution >= 4 is 33.9 Å². The molecule has 0 aromatic heterocycles. The molecule has 0 aliphatic carbocycles. The van der Waals surface area contributed by atoms with Gasteiger partial charge in [-0.2, -0.15) is 0 Å². The second-order valence-electron chi connectivity index (χ2n) is 7.60. The number of phenols is 1. The van der Waals surface area contributed by atoms with Crippen molar-refractivity contribution in [1.82, 2.24) is 0 Å². The molecule has 0 radical (unpaired) electrons. The molecule has 4 aromatic carbocycles. The minimum atomic E-state index is -0.886. The highest BCUT2D eigenvalue weighted by Crippen LogP contribution is 2.45. The number of para-hydroxylation sites is 2. The molecule has 1 atom stereocenters. The van der Waals surface area contributed by atoms with E-state index in [4.69, 9.17) is 0 Å². The monoisotopic (exact) mass is 421 g/mol. The molecule has 1 aliphatic rings. The highest BCUT2D eigenvalue weighted by atomic mass is 16.3. The third kappa shape index (κ3) is 3.03. The highest BCUT2D eigenvalue weighted by Gasteiger charge is 2.47. The molecule has 32 heavy (non-hydrogen) atoms. The van der Waals surface area contributed by atoms with Gasteiger partial charge in [0.1, 0.15) is 11.5 Å². The average molecular weight is 421 g/mol. The van der Waals surface area contributed by atoms with Crippen molar-refractivity contribution in [2.45, 2.75) is 6.04 Å². The smallest absolute Gasteiger partial charge is 0.300 e. The summed E-state index contributed by atoms with van der Waals surface area (Å²) < 4.78 is 0. The Labute approximate surface area is 184 Å². The molecule has 5 heteroatoms. The highest BCUT2D eigenvalue weighted by molar-refractivity contribution is 6.52. The summed E-state index contributed by atoms with van der Waals surface area (Å²) in [4.78, 5) is 27.7. The van der Waals surface area contributed by atoms with Crippen molar-refractivity contribution in [2.75, 3.05) is 4.90 Å². The summed E-state index contributed by atoms with van der Waals surface area (Å²) in [6, 6.07) is 27.5. The maximum absolute atomic E-state index is 13.2. The lowest BCUT2D eigenvalue weighted by molar-refractivity contribution is -0.132. The topological polar surface area (TPSA) is 77.8 Å². The number of aliphatic hydroxyl groups is 1. The summed E-state index contributed by atoms with van der Waals surface area (Å²) >= 11 is 0. The van der Waals surface area contributed by atoms with Gasteiger partial charge in [-0.3, -0.25) is 14.5 Å². The fourth-order valence-electron chi connectivity index (χ4n) is 4.28. The number of carbonyl (C=O) groups is 2. The summed E-state index contributed by atoms with van der Waals surface area (Å²) in [6.07, 6.45) is 0. The van der Waals surface area contributed by atoms with Gasteiger partial charge in [0.2, 0.25) is 0 Å². The van der Waals surface area contributed by atoms with Crippen LogP contribution in [0.5, 0.6) is 5.75 Å². The molecule has 2 N–H and O–H groups in total. The number of fused-ring (bicyclic) bond motifs is 1. The first-order chi connectivity index (χ1) is 15.6. The first-order valence-corrected chi connectivity index (χ1v) is 10.2. The number of hydrogen-bond acceptors (Lipinski definition) is 4. The van der Waals surface area contributed by atoms with E-state index >= 15 is 0 Å². The number of phenolic OH excluding ortho intramolecular Hbond substituents is 1. The molecule has 0 spiro atoms. The van der Waals surface area contributed by atoms with Crippen LogP contribution in [-0.2, 0) is 9.59 Å². The van der Waals surface area contributed by atoms with Gasteiger partial charge in [-0.25, -0.2) is 0 Å². The number of benzene rings is 4. The number of aromatic hydroxyl groups is 1. The number of aliphatic hydroxyl groups excluding tert-OH is 1.